The molecule has 3 N–H and O–H groups in total. The van der Waals surface area contributed by atoms with Crippen LogP contribution in [-0.4, -0.2) is 33.3 Å². The van der Waals surface area contributed by atoms with Gasteiger partial charge in [-0.15, -0.1) is 0 Å². The van der Waals surface area contributed by atoms with Gasteiger partial charge < -0.3 is 11.1 Å². The molecule has 8 heteroatoms. The first-order chi connectivity index (χ1) is 13.9. The van der Waals surface area contributed by atoms with Crippen LogP contribution in [0.5, 0.6) is 0 Å². The molecule has 1 atom stereocenters. The molecule has 160 valence electrons. The highest BCUT2D eigenvalue weighted by molar-refractivity contribution is 6.44. The molecule has 1 aliphatic rings. The van der Waals surface area contributed by atoms with Gasteiger partial charge in [-0.05, 0) is 32.9 Å². The summed E-state index contributed by atoms with van der Waals surface area (Å²) < 4.78 is 1.81. The summed E-state index contributed by atoms with van der Waals surface area (Å²) in [5.41, 5.74) is 6.92. The summed E-state index contributed by atoms with van der Waals surface area (Å²) in [5.74, 6) is -0.306. The number of aromatic nitrogens is 2. The Morgan fingerprint density at radius 1 is 1.10 bits per heavy atom. The van der Waals surface area contributed by atoms with Crippen LogP contribution in [0.15, 0.2) is 41.5 Å². The Kier molecular flexibility index (Phi) is 5.45. The maximum atomic E-state index is 13.0. The number of hydrogen-bond donors (Lipinski definition) is 2. The third kappa shape index (κ3) is 4.37. The number of rotatable bonds is 4. The molecule has 2 amide bonds. The van der Waals surface area contributed by atoms with Crippen molar-refractivity contribution in [2.75, 3.05) is 10.3 Å². The average Bonchev–Trinajstić information content (AvgIpc) is 3.26. The Labute approximate surface area is 177 Å². The zero-order valence-electron chi connectivity index (χ0n) is 18.4. The van der Waals surface area contributed by atoms with Crippen molar-refractivity contribution in [1.29, 1.82) is 0 Å². The molecule has 8 nitrogen and oxygen atoms in total. The lowest BCUT2D eigenvalue weighted by Gasteiger charge is -2.23. The summed E-state index contributed by atoms with van der Waals surface area (Å²) in [6, 6.07) is 10.4. The molecule has 2 aromatic rings. The molecule has 1 aromatic carbocycles. The van der Waals surface area contributed by atoms with Gasteiger partial charge in [-0.25, -0.2) is 4.68 Å². The van der Waals surface area contributed by atoms with E-state index in [4.69, 9.17) is 10.8 Å². The Morgan fingerprint density at radius 3 is 2.27 bits per heavy atom. The molecular formula is C22H30N6O2. The molecule has 1 aliphatic heterocycles. The second-order valence-corrected chi connectivity index (χ2v) is 9.55. The van der Waals surface area contributed by atoms with E-state index in [9.17, 15) is 9.59 Å². The number of carbonyl (C=O) groups excluding carboxylic acids is 2. The van der Waals surface area contributed by atoms with Crippen LogP contribution in [0.1, 0.15) is 53.7 Å². The summed E-state index contributed by atoms with van der Waals surface area (Å²) >= 11 is 0. The van der Waals surface area contributed by atoms with E-state index in [2.05, 4.69) is 31.2 Å². The first-order valence-corrected chi connectivity index (χ1v) is 10.0. The molecule has 1 aromatic heterocycles. The molecule has 0 saturated carbocycles. The minimum atomic E-state index is -0.703. The molecule has 0 radical (unpaired) electrons. The molecule has 3 rings (SSSR count). The predicted octanol–water partition coefficient (Wildman–Crippen LogP) is 2.99. The number of nitrogens with zero attached hydrogens (tertiary/aromatic N) is 4. The predicted molar refractivity (Wildman–Crippen MR) is 119 cm³/mol. The smallest absolute Gasteiger partial charge is 0.273 e. The topological polar surface area (TPSA) is 106 Å². The van der Waals surface area contributed by atoms with Gasteiger partial charge in [0.25, 0.3) is 5.91 Å². The molecule has 1 unspecified atom stereocenters. The fourth-order valence-corrected chi connectivity index (χ4v) is 3.22. The van der Waals surface area contributed by atoms with Crippen LogP contribution in [0.4, 0.5) is 11.5 Å². The quantitative estimate of drug-likeness (QED) is 0.808. The van der Waals surface area contributed by atoms with E-state index in [1.807, 2.05) is 61.9 Å². The van der Waals surface area contributed by atoms with Gasteiger partial charge in [-0.2, -0.15) is 10.2 Å². The molecule has 0 bridgehead atoms. The van der Waals surface area contributed by atoms with Gasteiger partial charge >= 0.3 is 0 Å². The van der Waals surface area contributed by atoms with Crippen LogP contribution >= 0.6 is 0 Å². The number of anilines is 2. The highest BCUT2D eigenvalue weighted by Gasteiger charge is 2.35. The summed E-state index contributed by atoms with van der Waals surface area (Å²) in [7, 11) is 0. The molecule has 2 heterocycles. The largest absolute Gasteiger partial charge is 0.368 e. The van der Waals surface area contributed by atoms with E-state index in [0.717, 1.165) is 5.69 Å². The summed E-state index contributed by atoms with van der Waals surface area (Å²) in [4.78, 5) is 25.0. The summed E-state index contributed by atoms with van der Waals surface area (Å²) in [6.45, 7) is 12.3. The van der Waals surface area contributed by atoms with E-state index in [-0.39, 0.29) is 29.0 Å². The molecule has 0 saturated heterocycles. The number of hydrogen-bond acceptors (Lipinski definition) is 5. The van der Waals surface area contributed by atoms with Gasteiger partial charge in [-0.3, -0.25) is 14.6 Å². The number of benzene rings is 1. The van der Waals surface area contributed by atoms with E-state index in [1.54, 1.807) is 0 Å². The van der Waals surface area contributed by atoms with Crippen LogP contribution < -0.4 is 16.1 Å². The van der Waals surface area contributed by atoms with Crippen LogP contribution in [0, 0.1) is 0 Å². The second kappa shape index (κ2) is 7.59. The fourth-order valence-electron chi connectivity index (χ4n) is 3.22. The van der Waals surface area contributed by atoms with Gasteiger partial charge in [0, 0.05) is 17.9 Å². The Bertz CT molecular complexity index is 979. The number of para-hydroxylation sites is 1. The Morgan fingerprint density at radius 2 is 1.73 bits per heavy atom. The zero-order chi connectivity index (χ0) is 22.3. The van der Waals surface area contributed by atoms with E-state index in [0.29, 0.717) is 11.5 Å². The average molecular weight is 411 g/mol. The molecule has 0 fully saturated rings. The molecule has 0 aliphatic carbocycles. The summed E-state index contributed by atoms with van der Waals surface area (Å²) in [6.07, 6.45) is 0.145. The van der Waals surface area contributed by atoms with E-state index >= 15 is 0 Å². The second-order valence-electron chi connectivity index (χ2n) is 9.55. The third-order valence-electron chi connectivity index (χ3n) is 4.88. The van der Waals surface area contributed by atoms with E-state index in [1.165, 1.54) is 5.01 Å². The van der Waals surface area contributed by atoms with E-state index < -0.39 is 11.9 Å². The minimum absolute atomic E-state index is 0.145. The van der Waals surface area contributed by atoms with Crippen LogP contribution in [0.2, 0.25) is 0 Å². The number of nitrogens with one attached hydrogen (secondary N) is 1. The fraction of sp³-hybridized carbons (Fsp3) is 0.455. The van der Waals surface area contributed by atoms with Crippen LogP contribution in [-0.2, 0) is 20.5 Å². The van der Waals surface area contributed by atoms with Crippen molar-refractivity contribution in [2.24, 2.45) is 10.8 Å². The Balaban J connectivity index is 1.91. The first-order valence-electron chi connectivity index (χ1n) is 10.0. The highest BCUT2D eigenvalue weighted by atomic mass is 16.2. The van der Waals surface area contributed by atoms with Crippen LogP contribution in [0.3, 0.4) is 0 Å². The normalized spacial score (nSPS) is 17.1. The van der Waals surface area contributed by atoms with Crippen molar-refractivity contribution < 1.29 is 9.59 Å². The SMILES string of the molecule is CC(C)(C)c1cc(NC(=O)C2=NN(c3ccccc3)C(C(N)=O)C2)n(C(C)(C)C)n1. The van der Waals surface area contributed by atoms with Gasteiger partial charge in [0.05, 0.1) is 16.9 Å². The number of hydrazone groups is 1. The highest BCUT2D eigenvalue weighted by Crippen LogP contribution is 2.29. The van der Waals surface area contributed by atoms with Crippen molar-refractivity contribution in [2.45, 2.75) is 65.0 Å². The van der Waals surface area contributed by atoms with Gasteiger partial charge in [-0.1, -0.05) is 39.0 Å². The van der Waals surface area contributed by atoms with Crippen molar-refractivity contribution >= 4 is 29.0 Å². The van der Waals surface area contributed by atoms with Gasteiger partial charge in [0.1, 0.15) is 17.6 Å². The molecule has 0 spiro atoms. The zero-order valence-corrected chi connectivity index (χ0v) is 18.4. The summed E-state index contributed by atoms with van der Waals surface area (Å²) in [5, 5.41) is 13.6. The third-order valence-corrected chi connectivity index (χ3v) is 4.88. The number of carbonyl (C=O) groups is 2. The lowest BCUT2D eigenvalue weighted by atomic mass is 9.92. The van der Waals surface area contributed by atoms with Gasteiger partial charge in [0.2, 0.25) is 5.91 Å². The van der Waals surface area contributed by atoms with Crippen molar-refractivity contribution in [3.63, 3.8) is 0 Å². The monoisotopic (exact) mass is 410 g/mol. The minimum Gasteiger partial charge on any atom is -0.368 e. The standard InChI is InChI=1S/C22H30N6O2/c1-21(2,3)17-13-18(28(26-17)22(4,5)6)24-20(30)15-12-16(19(23)29)27(25-15)14-10-8-7-9-11-14/h7-11,13,16H,12H2,1-6H3,(H2,23,29)(H,24,30). The van der Waals surface area contributed by atoms with Crippen molar-refractivity contribution in [1.82, 2.24) is 9.78 Å². The van der Waals surface area contributed by atoms with Crippen molar-refractivity contribution in [3.05, 3.63) is 42.1 Å². The first kappa shape index (κ1) is 21.5. The number of nitrogens with two attached hydrogens (primary N) is 1. The van der Waals surface area contributed by atoms with Crippen LogP contribution in [0.25, 0.3) is 0 Å². The molecule has 30 heavy (non-hydrogen) atoms. The Hall–Kier alpha value is -3.16. The maximum absolute atomic E-state index is 13.0. The van der Waals surface area contributed by atoms with Crippen molar-refractivity contribution in [3.8, 4) is 0 Å². The van der Waals surface area contributed by atoms with Gasteiger partial charge in [0.15, 0.2) is 0 Å². The molecular weight excluding hydrogens is 380 g/mol. The maximum Gasteiger partial charge on any atom is 0.273 e. The lowest BCUT2D eigenvalue weighted by molar-refractivity contribution is -0.119. The number of amides is 2. The number of primary amides is 1. The lowest BCUT2D eigenvalue weighted by Crippen LogP contribution is -2.39.